The van der Waals surface area contributed by atoms with Gasteiger partial charge in [0.2, 0.25) is 0 Å². The van der Waals surface area contributed by atoms with Crippen LogP contribution in [0.25, 0.3) is 10.8 Å². The number of nitrogens with zero attached hydrogens (tertiary/aromatic N) is 1. The first-order valence-corrected chi connectivity index (χ1v) is 13.2. The first-order valence-electron chi connectivity index (χ1n) is 12.8. The number of hydrogen-bond acceptors (Lipinski definition) is 3. The summed E-state index contributed by atoms with van der Waals surface area (Å²) in [6.45, 7) is 4.54. The Kier molecular flexibility index (Phi) is 6.59. The first-order chi connectivity index (χ1) is 15.9. The number of benzene rings is 2. The standard InChI is InChI=1S/C28H36ClNO3/c1-3-18-4-11-24(12-5-18)33-26-13-8-19-6-7-20(16-25(19)27(26)29)17(2)30-22-9-10-23(30)15-21(14-22)28(31)32/h6-8,13,16-18,21-24H,3-5,9-12,14-15H2,1-2H3,(H,31,32). The van der Waals surface area contributed by atoms with Gasteiger partial charge in [-0.1, -0.05) is 43.1 Å². The fourth-order valence-corrected chi connectivity index (χ4v) is 6.96. The van der Waals surface area contributed by atoms with Crippen LogP contribution in [0.2, 0.25) is 5.02 Å². The average Bonchev–Trinajstić information content (AvgIpc) is 3.09. The van der Waals surface area contributed by atoms with Gasteiger partial charge in [-0.05, 0) is 87.3 Å². The molecule has 5 rings (SSSR count). The van der Waals surface area contributed by atoms with E-state index in [1.54, 1.807) is 0 Å². The highest BCUT2D eigenvalue weighted by atomic mass is 35.5. The third-order valence-corrected chi connectivity index (χ3v) is 9.07. The van der Waals surface area contributed by atoms with E-state index in [-0.39, 0.29) is 18.1 Å². The summed E-state index contributed by atoms with van der Waals surface area (Å²) < 4.78 is 6.38. The predicted octanol–water partition coefficient (Wildman–Crippen LogP) is 7.23. The molecular formula is C28H36ClNO3. The number of fused-ring (bicyclic) bond motifs is 3. The molecule has 178 valence electrons. The second kappa shape index (κ2) is 9.46. The molecule has 4 nitrogen and oxygen atoms in total. The zero-order valence-electron chi connectivity index (χ0n) is 19.8. The summed E-state index contributed by atoms with van der Waals surface area (Å²) in [5.74, 6) is 0.824. The smallest absolute Gasteiger partial charge is 0.306 e. The molecule has 3 atom stereocenters. The van der Waals surface area contributed by atoms with Crippen LogP contribution in [0.3, 0.4) is 0 Å². The molecule has 1 N–H and O–H groups in total. The maximum Gasteiger partial charge on any atom is 0.306 e. The largest absolute Gasteiger partial charge is 0.489 e. The molecule has 33 heavy (non-hydrogen) atoms. The number of carbonyl (C=O) groups is 1. The first kappa shape index (κ1) is 23.0. The zero-order chi connectivity index (χ0) is 23.1. The highest BCUT2D eigenvalue weighted by Crippen LogP contribution is 2.44. The van der Waals surface area contributed by atoms with Crippen molar-refractivity contribution in [1.82, 2.24) is 4.90 Å². The van der Waals surface area contributed by atoms with E-state index >= 15 is 0 Å². The van der Waals surface area contributed by atoms with Crippen LogP contribution in [-0.2, 0) is 4.79 Å². The van der Waals surface area contributed by atoms with Gasteiger partial charge < -0.3 is 9.84 Å². The van der Waals surface area contributed by atoms with Gasteiger partial charge in [-0.3, -0.25) is 9.69 Å². The summed E-state index contributed by atoms with van der Waals surface area (Å²) in [6, 6.07) is 11.7. The van der Waals surface area contributed by atoms with Crippen molar-refractivity contribution in [3.63, 3.8) is 0 Å². The van der Waals surface area contributed by atoms with E-state index in [1.807, 2.05) is 6.07 Å². The van der Waals surface area contributed by atoms with Crippen molar-refractivity contribution in [2.75, 3.05) is 0 Å². The van der Waals surface area contributed by atoms with E-state index in [9.17, 15) is 9.90 Å². The Morgan fingerprint density at radius 2 is 1.76 bits per heavy atom. The molecule has 3 fully saturated rings. The summed E-state index contributed by atoms with van der Waals surface area (Å²) in [4.78, 5) is 14.1. The topological polar surface area (TPSA) is 49.8 Å². The van der Waals surface area contributed by atoms with Gasteiger partial charge >= 0.3 is 5.97 Å². The van der Waals surface area contributed by atoms with Crippen molar-refractivity contribution in [2.24, 2.45) is 11.8 Å². The van der Waals surface area contributed by atoms with Gasteiger partial charge in [0.05, 0.1) is 17.0 Å². The highest BCUT2D eigenvalue weighted by molar-refractivity contribution is 6.37. The maximum absolute atomic E-state index is 11.6. The van der Waals surface area contributed by atoms with Crippen LogP contribution in [0.4, 0.5) is 0 Å². The molecule has 0 amide bonds. The Morgan fingerprint density at radius 3 is 2.39 bits per heavy atom. The summed E-state index contributed by atoms with van der Waals surface area (Å²) in [5.41, 5.74) is 1.25. The van der Waals surface area contributed by atoms with Crippen molar-refractivity contribution in [3.8, 4) is 5.75 Å². The molecule has 2 bridgehead atoms. The zero-order valence-corrected chi connectivity index (χ0v) is 20.6. The predicted molar refractivity (Wildman–Crippen MR) is 133 cm³/mol. The monoisotopic (exact) mass is 469 g/mol. The molecule has 1 aliphatic carbocycles. The molecule has 1 saturated carbocycles. The van der Waals surface area contributed by atoms with Crippen molar-refractivity contribution < 1.29 is 14.6 Å². The van der Waals surface area contributed by atoms with Crippen molar-refractivity contribution >= 4 is 28.3 Å². The van der Waals surface area contributed by atoms with Crippen LogP contribution < -0.4 is 4.74 Å². The van der Waals surface area contributed by atoms with E-state index in [0.717, 1.165) is 61.0 Å². The van der Waals surface area contributed by atoms with Crippen LogP contribution in [0.1, 0.15) is 83.2 Å². The van der Waals surface area contributed by atoms with Crippen molar-refractivity contribution in [2.45, 2.75) is 95.9 Å². The van der Waals surface area contributed by atoms with Crippen LogP contribution >= 0.6 is 11.6 Å². The number of hydrogen-bond donors (Lipinski definition) is 1. The van der Waals surface area contributed by atoms with E-state index < -0.39 is 5.97 Å². The van der Waals surface area contributed by atoms with E-state index in [2.05, 4.69) is 43.0 Å². The van der Waals surface area contributed by atoms with Gasteiger partial charge in [-0.25, -0.2) is 0 Å². The molecule has 3 unspecified atom stereocenters. The van der Waals surface area contributed by atoms with Crippen LogP contribution in [0.5, 0.6) is 5.75 Å². The minimum absolute atomic E-state index is 0.191. The Hall–Kier alpha value is -1.78. The van der Waals surface area contributed by atoms with Gasteiger partial charge in [0.1, 0.15) is 5.75 Å². The Labute approximate surface area is 202 Å². The Bertz CT molecular complexity index is 1000. The lowest BCUT2D eigenvalue weighted by Crippen LogP contribution is -2.45. The lowest BCUT2D eigenvalue weighted by Gasteiger charge is -2.41. The van der Waals surface area contributed by atoms with Crippen molar-refractivity contribution in [3.05, 3.63) is 40.9 Å². The number of carboxylic acid groups (broad SMARTS) is 1. The van der Waals surface area contributed by atoms with Gasteiger partial charge in [0, 0.05) is 23.5 Å². The quantitative estimate of drug-likeness (QED) is 0.484. The molecule has 2 saturated heterocycles. The molecule has 2 aliphatic heterocycles. The summed E-state index contributed by atoms with van der Waals surface area (Å²) in [6.07, 6.45) is 9.97. The molecular weight excluding hydrogens is 434 g/mol. The third-order valence-electron chi connectivity index (χ3n) is 8.68. The molecule has 2 heterocycles. The molecule has 0 aromatic heterocycles. The fraction of sp³-hybridized carbons (Fsp3) is 0.607. The Balaban J connectivity index is 1.36. The Morgan fingerprint density at radius 1 is 1.09 bits per heavy atom. The molecule has 0 spiro atoms. The molecule has 3 aliphatic rings. The highest BCUT2D eigenvalue weighted by Gasteiger charge is 2.45. The molecule has 2 aromatic rings. The minimum atomic E-state index is -0.632. The van der Waals surface area contributed by atoms with Gasteiger partial charge in [-0.2, -0.15) is 0 Å². The summed E-state index contributed by atoms with van der Waals surface area (Å²) in [5, 5.41) is 12.4. The molecule has 5 heteroatoms. The second-order valence-corrected chi connectivity index (χ2v) is 10.9. The van der Waals surface area contributed by atoms with Crippen LogP contribution in [0.15, 0.2) is 30.3 Å². The number of piperidine rings is 1. The van der Waals surface area contributed by atoms with Crippen molar-refractivity contribution in [1.29, 1.82) is 0 Å². The van der Waals surface area contributed by atoms with E-state index in [0.29, 0.717) is 17.1 Å². The fourth-order valence-electron chi connectivity index (χ4n) is 6.69. The number of halogens is 1. The SMILES string of the molecule is CCC1CCC(Oc2ccc3ccc(C(C)N4C5CCC4CC(C(=O)O)C5)cc3c2Cl)CC1. The van der Waals surface area contributed by atoms with Gasteiger partial charge in [-0.15, -0.1) is 0 Å². The third kappa shape index (κ3) is 4.49. The minimum Gasteiger partial charge on any atom is -0.489 e. The summed E-state index contributed by atoms with van der Waals surface area (Å²) in [7, 11) is 0. The number of aliphatic carboxylic acids is 1. The normalized spacial score (nSPS) is 30.9. The molecule has 2 aromatic carbocycles. The van der Waals surface area contributed by atoms with Crippen LogP contribution in [0, 0.1) is 11.8 Å². The summed E-state index contributed by atoms with van der Waals surface area (Å²) >= 11 is 6.90. The lowest BCUT2D eigenvalue weighted by molar-refractivity contribution is -0.144. The van der Waals surface area contributed by atoms with E-state index in [1.165, 1.54) is 24.8 Å². The lowest BCUT2D eigenvalue weighted by atomic mass is 9.86. The number of rotatable bonds is 6. The van der Waals surface area contributed by atoms with E-state index in [4.69, 9.17) is 16.3 Å². The maximum atomic E-state index is 11.6. The number of ether oxygens (including phenoxy) is 1. The van der Waals surface area contributed by atoms with Gasteiger partial charge in [0.25, 0.3) is 0 Å². The molecule has 0 radical (unpaired) electrons. The average molecular weight is 470 g/mol. The second-order valence-electron chi connectivity index (χ2n) is 10.5. The number of carboxylic acids is 1. The van der Waals surface area contributed by atoms with Gasteiger partial charge in [0.15, 0.2) is 0 Å². The van der Waals surface area contributed by atoms with Crippen LogP contribution in [-0.4, -0.2) is 34.2 Å².